The van der Waals surface area contributed by atoms with Gasteiger partial charge in [0, 0.05) is 6.07 Å². The van der Waals surface area contributed by atoms with E-state index in [1.54, 1.807) is 36.4 Å². The van der Waals surface area contributed by atoms with Crippen molar-refractivity contribution < 1.29 is 28.8 Å². The Kier molecular flexibility index (Phi) is 5.74. The molecule has 3 rings (SSSR count). The van der Waals surface area contributed by atoms with Gasteiger partial charge in [0.25, 0.3) is 5.69 Å². The number of benzene rings is 3. The van der Waals surface area contributed by atoms with E-state index in [-0.39, 0.29) is 34.5 Å². The Hall–Kier alpha value is -4.33. The third-order valence-electron chi connectivity index (χ3n) is 3.84. The van der Waals surface area contributed by atoms with Gasteiger partial charge in [-0.3, -0.25) is 14.9 Å². The number of aldehydes is 1. The van der Waals surface area contributed by atoms with Crippen molar-refractivity contribution in [1.29, 1.82) is 0 Å². The first-order valence-electron chi connectivity index (χ1n) is 8.31. The molecule has 0 aliphatic heterocycles. The Balaban J connectivity index is 2.00. The smallest absolute Gasteiger partial charge is 0.343 e. The summed E-state index contributed by atoms with van der Waals surface area (Å²) in [5, 5.41) is 11.2. The molecular formula is C21H13NO7. The van der Waals surface area contributed by atoms with E-state index in [9.17, 15) is 24.5 Å². The molecule has 3 aromatic rings. The summed E-state index contributed by atoms with van der Waals surface area (Å²) in [6.45, 7) is 0. The first-order valence-corrected chi connectivity index (χ1v) is 8.31. The molecule has 0 N–H and O–H groups in total. The van der Waals surface area contributed by atoms with E-state index in [2.05, 4.69) is 0 Å². The number of hydrogen-bond donors (Lipinski definition) is 0. The highest BCUT2D eigenvalue weighted by atomic mass is 16.6. The lowest BCUT2D eigenvalue weighted by Gasteiger charge is -2.11. The minimum Gasteiger partial charge on any atom is -0.419 e. The van der Waals surface area contributed by atoms with Gasteiger partial charge in [0.15, 0.2) is 17.8 Å². The molecule has 0 saturated heterocycles. The zero-order valence-corrected chi connectivity index (χ0v) is 14.8. The van der Waals surface area contributed by atoms with Gasteiger partial charge in [0.05, 0.1) is 27.7 Å². The number of nitrogens with zero attached hydrogens (tertiary/aromatic N) is 1. The van der Waals surface area contributed by atoms with E-state index in [1.165, 1.54) is 24.3 Å². The van der Waals surface area contributed by atoms with Crippen molar-refractivity contribution in [3.63, 3.8) is 0 Å². The molecule has 0 amide bonds. The molecule has 3 aromatic carbocycles. The van der Waals surface area contributed by atoms with Gasteiger partial charge in [-0.25, -0.2) is 9.59 Å². The fourth-order valence-corrected chi connectivity index (χ4v) is 2.44. The number of carbonyl (C=O) groups is 3. The number of nitro groups is 1. The van der Waals surface area contributed by atoms with Crippen molar-refractivity contribution in [2.75, 3.05) is 0 Å². The van der Waals surface area contributed by atoms with Crippen LogP contribution in [0.1, 0.15) is 31.1 Å². The Morgan fingerprint density at radius 2 is 1.24 bits per heavy atom. The molecule has 0 bridgehead atoms. The van der Waals surface area contributed by atoms with Crippen LogP contribution in [0.4, 0.5) is 5.69 Å². The lowest BCUT2D eigenvalue weighted by Crippen LogP contribution is -2.13. The second kappa shape index (κ2) is 8.57. The fraction of sp³-hybridized carbons (Fsp3) is 0. The minimum atomic E-state index is -0.809. The summed E-state index contributed by atoms with van der Waals surface area (Å²) in [4.78, 5) is 46.4. The quantitative estimate of drug-likeness (QED) is 0.206. The molecule has 29 heavy (non-hydrogen) atoms. The number of nitro benzene ring substituents is 1. The van der Waals surface area contributed by atoms with E-state index in [0.29, 0.717) is 0 Å². The lowest BCUT2D eigenvalue weighted by atomic mass is 10.1. The van der Waals surface area contributed by atoms with Crippen molar-refractivity contribution in [3.8, 4) is 11.5 Å². The van der Waals surface area contributed by atoms with Crippen LogP contribution in [0, 0.1) is 10.1 Å². The van der Waals surface area contributed by atoms with Gasteiger partial charge >= 0.3 is 11.9 Å². The van der Waals surface area contributed by atoms with Gasteiger partial charge in [0.1, 0.15) is 0 Å². The van der Waals surface area contributed by atoms with Crippen LogP contribution < -0.4 is 9.47 Å². The molecule has 0 fully saturated rings. The second-order valence-electron chi connectivity index (χ2n) is 5.74. The molecule has 0 atom stereocenters. The summed E-state index contributed by atoms with van der Waals surface area (Å²) in [7, 11) is 0. The summed E-state index contributed by atoms with van der Waals surface area (Å²) < 4.78 is 10.5. The van der Waals surface area contributed by atoms with E-state index >= 15 is 0 Å². The van der Waals surface area contributed by atoms with Gasteiger partial charge in [-0.15, -0.1) is 0 Å². The number of carbonyl (C=O) groups excluding carboxylic acids is 3. The zero-order chi connectivity index (χ0) is 20.8. The summed E-state index contributed by atoms with van der Waals surface area (Å²) in [6, 6.07) is 17.7. The van der Waals surface area contributed by atoms with E-state index in [0.717, 1.165) is 12.1 Å². The fourth-order valence-electron chi connectivity index (χ4n) is 2.44. The third kappa shape index (κ3) is 4.51. The molecule has 0 unspecified atom stereocenters. The Labute approximate surface area is 164 Å². The number of ether oxygens (including phenoxy) is 2. The Morgan fingerprint density at radius 1 is 0.793 bits per heavy atom. The van der Waals surface area contributed by atoms with E-state index < -0.39 is 22.5 Å². The zero-order valence-electron chi connectivity index (χ0n) is 14.8. The molecule has 0 heterocycles. The first kappa shape index (κ1) is 19.4. The Morgan fingerprint density at radius 3 is 1.66 bits per heavy atom. The predicted octanol–water partition coefficient (Wildman–Crippen LogP) is 3.85. The highest BCUT2D eigenvalue weighted by Gasteiger charge is 2.24. The van der Waals surface area contributed by atoms with Crippen molar-refractivity contribution >= 4 is 23.9 Å². The van der Waals surface area contributed by atoms with Crippen molar-refractivity contribution in [2.24, 2.45) is 0 Å². The average molecular weight is 391 g/mol. The van der Waals surface area contributed by atoms with Crippen molar-refractivity contribution in [3.05, 3.63) is 99.6 Å². The van der Waals surface area contributed by atoms with E-state index in [4.69, 9.17) is 9.47 Å². The molecule has 0 aliphatic rings. The number of rotatable bonds is 6. The van der Waals surface area contributed by atoms with Gasteiger partial charge < -0.3 is 9.47 Å². The second-order valence-corrected chi connectivity index (χ2v) is 5.74. The molecule has 0 radical (unpaired) electrons. The van der Waals surface area contributed by atoms with Crippen LogP contribution in [-0.2, 0) is 0 Å². The standard InChI is InChI=1S/C21H13NO7/c23-13-16-11-18(28-20(24)14-7-3-1-4-8-14)19(12-17(16)22(26)27)29-21(25)15-9-5-2-6-10-15/h1-13H. The van der Waals surface area contributed by atoms with Gasteiger partial charge in [0.2, 0.25) is 0 Å². The summed E-state index contributed by atoms with van der Waals surface area (Å²) in [5.41, 5.74) is -0.519. The van der Waals surface area contributed by atoms with Crippen molar-refractivity contribution in [1.82, 2.24) is 0 Å². The van der Waals surface area contributed by atoms with Crippen LogP contribution >= 0.6 is 0 Å². The molecule has 0 spiro atoms. The largest absolute Gasteiger partial charge is 0.419 e. The Bertz CT molecular complexity index is 1080. The van der Waals surface area contributed by atoms with Crippen LogP contribution in [0.5, 0.6) is 11.5 Å². The molecule has 0 aromatic heterocycles. The van der Waals surface area contributed by atoms with Gasteiger partial charge in [-0.2, -0.15) is 0 Å². The van der Waals surface area contributed by atoms with Crippen LogP contribution in [-0.4, -0.2) is 23.1 Å². The molecule has 8 heteroatoms. The summed E-state index contributed by atoms with van der Waals surface area (Å²) in [6.07, 6.45) is 0.251. The maximum atomic E-state index is 12.4. The maximum Gasteiger partial charge on any atom is 0.343 e. The number of hydrogen-bond acceptors (Lipinski definition) is 7. The minimum absolute atomic E-state index is 0.190. The molecular weight excluding hydrogens is 378 g/mol. The van der Waals surface area contributed by atoms with Crippen LogP contribution in [0.15, 0.2) is 72.8 Å². The molecule has 0 aliphatic carbocycles. The third-order valence-corrected chi connectivity index (χ3v) is 3.84. The van der Waals surface area contributed by atoms with Gasteiger partial charge in [-0.1, -0.05) is 36.4 Å². The summed E-state index contributed by atoms with van der Waals surface area (Å²) >= 11 is 0. The summed E-state index contributed by atoms with van der Waals surface area (Å²) in [5.74, 6) is -2.25. The lowest BCUT2D eigenvalue weighted by molar-refractivity contribution is -0.385. The molecule has 0 saturated carbocycles. The topological polar surface area (TPSA) is 113 Å². The first-order chi connectivity index (χ1) is 14.0. The molecule has 8 nitrogen and oxygen atoms in total. The van der Waals surface area contributed by atoms with Crippen LogP contribution in [0.2, 0.25) is 0 Å². The van der Waals surface area contributed by atoms with Gasteiger partial charge in [-0.05, 0) is 24.3 Å². The highest BCUT2D eigenvalue weighted by molar-refractivity contribution is 5.94. The monoisotopic (exact) mass is 391 g/mol. The van der Waals surface area contributed by atoms with Crippen LogP contribution in [0.25, 0.3) is 0 Å². The maximum absolute atomic E-state index is 12.4. The SMILES string of the molecule is O=Cc1cc(OC(=O)c2ccccc2)c(OC(=O)c2ccccc2)cc1[N+](=O)[O-]. The average Bonchev–Trinajstić information content (AvgIpc) is 2.75. The normalized spacial score (nSPS) is 10.1. The van der Waals surface area contributed by atoms with Crippen LogP contribution in [0.3, 0.4) is 0 Å². The predicted molar refractivity (Wildman–Crippen MR) is 101 cm³/mol. The molecule has 144 valence electrons. The number of esters is 2. The highest BCUT2D eigenvalue weighted by Crippen LogP contribution is 2.35. The van der Waals surface area contributed by atoms with E-state index in [1.807, 2.05) is 0 Å². The van der Waals surface area contributed by atoms with Crippen molar-refractivity contribution in [2.45, 2.75) is 0 Å².